The van der Waals surface area contributed by atoms with E-state index in [0.29, 0.717) is 5.92 Å². The lowest BCUT2D eigenvalue weighted by atomic mass is 9.98. The van der Waals surface area contributed by atoms with Gasteiger partial charge in [-0.25, -0.2) is 0 Å². The summed E-state index contributed by atoms with van der Waals surface area (Å²) in [7, 11) is 2.15. The number of hydrogen-bond donors (Lipinski definition) is 2. The third kappa shape index (κ3) is 5.50. The lowest BCUT2D eigenvalue weighted by molar-refractivity contribution is -0.124. The van der Waals surface area contributed by atoms with Crippen molar-refractivity contribution in [2.24, 2.45) is 11.8 Å². The second kappa shape index (κ2) is 7.67. The van der Waals surface area contributed by atoms with Gasteiger partial charge in [0.15, 0.2) is 0 Å². The zero-order chi connectivity index (χ0) is 12.7. The largest absolute Gasteiger partial charge is 0.356 e. The molecule has 0 saturated carbocycles. The Morgan fingerprint density at radius 1 is 1.53 bits per heavy atom. The van der Waals surface area contributed by atoms with Gasteiger partial charge in [-0.2, -0.15) is 0 Å². The van der Waals surface area contributed by atoms with Crippen LogP contribution in [0.3, 0.4) is 0 Å². The molecule has 4 heteroatoms. The van der Waals surface area contributed by atoms with Crippen LogP contribution in [0.15, 0.2) is 0 Å². The predicted molar refractivity (Wildman–Crippen MR) is 70.9 cm³/mol. The maximum absolute atomic E-state index is 11.8. The lowest BCUT2D eigenvalue weighted by Crippen LogP contribution is -2.42. The van der Waals surface area contributed by atoms with Gasteiger partial charge in [0, 0.05) is 25.6 Å². The predicted octanol–water partition coefficient (Wildman–Crippen LogP) is 0.690. The van der Waals surface area contributed by atoms with Gasteiger partial charge in [0.1, 0.15) is 0 Å². The molecule has 0 aromatic carbocycles. The minimum Gasteiger partial charge on any atom is -0.356 e. The van der Waals surface area contributed by atoms with Crippen molar-refractivity contribution < 1.29 is 4.79 Å². The standard InChI is InChI=1S/C13H27N3O/c1-4-14-8-11(2)13(17)15-9-12-6-5-7-16(3)10-12/h11-12,14H,4-10H2,1-3H3,(H,15,17). The van der Waals surface area contributed by atoms with Crippen LogP contribution >= 0.6 is 0 Å². The molecule has 2 atom stereocenters. The molecular weight excluding hydrogens is 214 g/mol. The smallest absolute Gasteiger partial charge is 0.224 e. The molecule has 0 aromatic rings. The number of carbonyl (C=O) groups is 1. The van der Waals surface area contributed by atoms with E-state index in [9.17, 15) is 4.79 Å². The molecule has 1 saturated heterocycles. The Morgan fingerprint density at radius 3 is 2.94 bits per heavy atom. The number of nitrogens with one attached hydrogen (secondary N) is 2. The van der Waals surface area contributed by atoms with E-state index >= 15 is 0 Å². The molecule has 17 heavy (non-hydrogen) atoms. The van der Waals surface area contributed by atoms with E-state index in [2.05, 4.69) is 29.5 Å². The molecule has 1 amide bonds. The summed E-state index contributed by atoms with van der Waals surface area (Å²) in [5.74, 6) is 0.875. The van der Waals surface area contributed by atoms with Gasteiger partial charge in [-0.3, -0.25) is 4.79 Å². The van der Waals surface area contributed by atoms with Crippen LogP contribution in [0.5, 0.6) is 0 Å². The first-order chi connectivity index (χ1) is 8.13. The average Bonchev–Trinajstić information content (AvgIpc) is 2.33. The molecule has 100 valence electrons. The fraction of sp³-hybridized carbons (Fsp3) is 0.923. The summed E-state index contributed by atoms with van der Waals surface area (Å²) in [5.41, 5.74) is 0. The molecule has 2 N–H and O–H groups in total. The molecule has 0 aliphatic carbocycles. The first kappa shape index (κ1) is 14.5. The van der Waals surface area contributed by atoms with Crippen molar-refractivity contribution in [2.45, 2.75) is 26.7 Å². The van der Waals surface area contributed by atoms with Gasteiger partial charge in [-0.15, -0.1) is 0 Å². The monoisotopic (exact) mass is 241 g/mol. The number of carbonyl (C=O) groups excluding carboxylic acids is 1. The van der Waals surface area contributed by atoms with Crippen LogP contribution in [0.25, 0.3) is 0 Å². The summed E-state index contributed by atoms with van der Waals surface area (Å²) in [6.45, 7) is 8.87. The maximum Gasteiger partial charge on any atom is 0.224 e. The topological polar surface area (TPSA) is 44.4 Å². The van der Waals surface area contributed by atoms with Gasteiger partial charge in [0.25, 0.3) is 0 Å². The van der Waals surface area contributed by atoms with Crippen LogP contribution in [0.2, 0.25) is 0 Å². The number of hydrogen-bond acceptors (Lipinski definition) is 3. The highest BCUT2D eigenvalue weighted by Gasteiger charge is 2.19. The summed E-state index contributed by atoms with van der Waals surface area (Å²) in [6.07, 6.45) is 2.50. The molecule has 0 spiro atoms. The first-order valence-electron chi connectivity index (χ1n) is 6.80. The van der Waals surface area contributed by atoms with Crippen molar-refractivity contribution in [1.29, 1.82) is 0 Å². The molecule has 4 nitrogen and oxygen atoms in total. The maximum atomic E-state index is 11.8. The Balaban J connectivity index is 2.18. The van der Waals surface area contributed by atoms with Crippen LogP contribution in [-0.2, 0) is 4.79 Å². The molecule has 1 aliphatic rings. The third-order valence-corrected chi connectivity index (χ3v) is 3.44. The number of amides is 1. The van der Waals surface area contributed by atoms with Crippen molar-refractivity contribution in [2.75, 3.05) is 39.8 Å². The van der Waals surface area contributed by atoms with Gasteiger partial charge < -0.3 is 15.5 Å². The number of piperidine rings is 1. The van der Waals surface area contributed by atoms with E-state index in [1.165, 1.54) is 19.4 Å². The minimum atomic E-state index is 0.0660. The van der Waals surface area contributed by atoms with Crippen molar-refractivity contribution in [3.63, 3.8) is 0 Å². The average molecular weight is 241 g/mol. The quantitative estimate of drug-likeness (QED) is 0.719. The molecule has 1 rings (SSSR count). The van der Waals surface area contributed by atoms with Gasteiger partial charge in [0.2, 0.25) is 5.91 Å². The van der Waals surface area contributed by atoms with Crippen molar-refractivity contribution in [1.82, 2.24) is 15.5 Å². The normalized spacial score (nSPS) is 23.4. The number of rotatable bonds is 6. The van der Waals surface area contributed by atoms with E-state index in [1.54, 1.807) is 0 Å². The van der Waals surface area contributed by atoms with E-state index < -0.39 is 0 Å². The highest BCUT2D eigenvalue weighted by Crippen LogP contribution is 2.13. The summed E-state index contributed by atoms with van der Waals surface area (Å²) in [4.78, 5) is 14.2. The molecule has 1 heterocycles. The summed E-state index contributed by atoms with van der Waals surface area (Å²) < 4.78 is 0. The fourth-order valence-electron chi connectivity index (χ4n) is 2.31. The van der Waals surface area contributed by atoms with Gasteiger partial charge in [-0.05, 0) is 38.9 Å². The highest BCUT2D eigenvalue weighted by molar-refractivity contribution is 5.78. The first-order valence-corrected chi connectivity index (χ1v) is 6.80. The Labute approximate surface area is 105 Å². The molecule has 2 unspecified atom stereocenters. The van der Waals surface area contributed by atoms with Crippen molar-refractivity contribution >= 4 is 5.91 Å². The SMILES string of the molecule is CCNCC(C)C(=O)NCC1CCCN(C)C1. The molecule has 1 fully saturated rings. The Hall–Kier alpha value is -0.610. The zero-order valence-corrected chi connectivity index (χ0v) is 11.5. The van der Waals surface area contributed by atoms with Gasteiger partial charge in [-0.1, -0.05) is 13.8 Å². The van der Waals surface area contributed by atoms with E-state index in [0.717, 1.165) is 26.2 Å². The Kier molecular flexibility index (Phi) is 6.52. The van der Waals surface area contributed by atoms with Crippen LogP contribution in [0, 0.1) is 11.8 Å². The van der Waals surface area contributed by atoms with Crippen LogP contribution < -0.4 is 10.6 Å². The third-order valence-electron chi connectivity index (χ3n) is 3.44. The fourth-order valence-corrected chi connectivity index (χ4v) is 2.31. The number of likely N-dealkylation sites (tertiary alicyclic amines) is 1. The second-order valence-corrected chi connectivity index (χ2v) is 5.22. The summed E-state index contributed by atoms with van der Waals surface area (Å²) in [6, 6.07) is 0. The van der Waals surface area contributed by atoms with Crippen LogP contribution in [0.4, 0.5) is 0 Å². The number of nitrogens with zero attached hydrogens (tertiary/aromatic N) is 1. The van der Waals surface area contributed by atoms with Gasteiger partial charge in [0.05, 0.1) is 0 Å². The second-order valence-electron chi connectivity index (χ2n) is 5.22. The van der Waals surface area contributed by atoms with Crippen molar-refractivity contribution in [3.05, 3.63) is 0 Å². The van der Waals surface area contributed by atoms with E-state index in [1.807, 2.05) is 6.92 Å². The minimum absolute atomic E-state index is 0.0660. The van der Waals surface area contributed by atoms with Crippen molar-refractivity contribution in [3.8, 4) is 0 Å². The van der Waals surface area contributed by atoms with E-state index in [-0.39, 0.29) is 11.8 Å². The molecule has 0 aromatic heterocycles. The molecule has 0 bridgehead atoms. The Morgan fingerprint density at radius 2 is 2.29 bits per heavy atom. The molecule has 0 radical (unpaired) electrons. The molecular formula is C13H27N3O. The lowest BCUT2D eigenvalue weighted by Gasteiger charge is -2.30. The highest BCUT2D eigenvalue weighted by atomic mass is 16.1. The van der Waals surface area contributed by atoms with Crippen LogP contribution in [-0.4, -0.2) is 50.6 Å². The van der Waals surface area contributed by atoms with E-state index in [4.69, 9.17) is 0 Å². The summed E-state index contributed by atoms with van der Waals surface area (Å²) >= 11 is 0. The Bertz CT molecular complexity index is 233. The van der Waals surface area contributed by atoms with Gasteiger partial charge >= 0.3 is 0 Å². The molecule has 1 aliphatic heterocycles. The zero-order valence-electron chi connectivity index (χ0n) is 11.5. The van der Waals surface area contributed by atoms with Crippen LogP contribution in [0.1, 0.15) is 26.7 Å². The summed E-state index contributed by atoms with van der Waals surface area (Å²) in [5, 5.41) is 6.28.